The first-order chi connectivity index (χ1) is 11.8. The van der Waals surface area contributed by atoms with Gasteiger partial charge in [-0.1, -0.05) is 18.0 Å². The van der Waals surface area contributed by atoms with E-state index in [-0.39, 0.29) is 0 Å². The number of halogens is 1. The van der Waals surface area contributed by atoms with Gasteiger partial charge in [-0.3, -0.25) is 4.99 Å². The van der Waals surface area contributed by atoms with Crippen LogP contribution in [0.5, 0.6) is 5.75 Å². The van der Waals surface area contributed by atoms with Gasteiger partial charge in [0.2, 0.25) is 0 Å². The molecule has 0 N–H and O–H groups in total. The highest BCUT2D eigenvalue weighted by molar-refractivity contribution is 6.31. The zero-order chi connectivity index (χ0) is 16.4. The van der Waals surface area contributed by atoms with Crippen molar-refractivity contribution in [2.45, 2.75) is 44.8 Å². The molecule has 0 spiro atoms. The highest BCUT2D eigenvalue weighted by atomic mass is 35.5. The molecule has 0 saturated carbocycles. The van der Waals surface area contributed by atoms with Crippen molar-refractivity contribution in [2.24, 2.45) is 10.9 Å². The minimum Gasteiger partial charge on any atom is -0.466 e. The summed E-state index contributed by atoms with van der Waals surface area (Å²) < 4.78 is 11.0. The number of hydrogen-bond donors (Lipinski definition) is 0. The monoisotopic (exact) mass is 348 g/mol. The first kappa shape index (κ1) is 16.4. The molecule has 3 aliphatic heterocycles. The number of fused-ring (bicyclic) bond motifs is 2. The second kappa shape index (κ2) is 7.42. The van der Waals surface area contributed by atoms with Crippen LogP contribution in [0.2, 0.25) is 5.02 Å². The van der Waals surface area contributed by atoms with Gasteiger partial charge in [-0.05, 0) is 56.8 Å². The topological polar surface area (TPSA) is 34.1 Å². The molecule has 24 heavy (non-hydrogen) atoms. The van der Waals surface area contributed by atoms with Gasteiger partial charge in [-0.2, -0.15) is 0 Å². The molecule has 4 rings (SSSR count). The lowest BCUT2D eigenvalue weighted by Gasteiger charge is -2.44. The average molecular weight is 349 g/mol. The van der Waals surface area contributed by atoms with E-state index >= 15 is 0 Å². The summed E-state index contributed by atoms with van der Waals surface area (Å²) in [6.45, 7) is 4.31. The fraction of sp³-hybridized carbons (Fsp3) is 0.632. The zero-order valence-corrected chi connectivity index (χ0v) is 14.8. The smallest absolute Gasteiger partial charge is 0.189 e. The third-order valence-corrected chi connectivity index (χ3v) is 5.72. The number of hydrogen-bond acceptors (Lipinski definition) is 4. The Morgan fingerprint density at radius 3 is 3.08 bits per heavy atom. The minimum absolute atomic E-state index is 0.301. The molecule has 0 amide bonds. The van der Waals surface area contributed by atoms with Crippen molar-refractivity contribution in [1.29, 1.82) is 0 Å². The Balaban J connectivity index is 1.46. The molecule has 1 aromatic rings. The molecular formula is C19H25ClN2O2. The summed E-state index contributed by atoms with van der Waals surface area (Å²) >= 11 is 6.22. The van der Waals surface area contributed by atoms with E-state index in [1.807, 2.05) is 18.3 Å². The average Bonchev–Trinajstić information content (AvgIpc) is 2.62. The summed E-state index contributed by atoms with van der Waals surface area (Å²) in [6.07, 6.45) is 8.63. The van der Waals surface area contributed by atoms with Crippen LogP contribution in [0.3, 0.4) is 0 Å². The van der Waals surface area contributed by atoms with Gasteiger partial charge in [0.1, 0.15) is 5.75 Å². The van der Waals surface area contributed by atoms with Gasteiger partial charge in [-0.15, -0.1) is 0 Å². The van der Waals surface area contributed by atoms with Gasteiger partial charge in [0, 0.05) is 35.0 Å². The van der Waals surface area contributed by atoms with Gasteiger partial charge >= 0.3 is 0 Å². The predicted octanol–water partition coefficient (Wildman–Crippen LogP) is 3.89. The van der Waals surface area contributed by atoms with Crippen molar-refractivity contribution >= 4 is 17.8 Å². The molecule has 2 saturated heterocycles. The molecule has 2 fully saturated rings. The largest absolute Gasteiger partial charge is 0.466 e. The van der Waals surface area contributed by atoms with Crippen molar-refractivity contribution in [1.82, 2.24) is 4.90 Å². The van der Waals surface area contributed by atoms with Crippen molar-refractivity contribution in [2.75, 3.05) is 26.4 Å². The normalized spacial score (nSPS) is 27.5. The molecule has 0 aromatic heterocycles. The molecule has 4 nitrogen and oxygen atoms in total. The van der Waals surface area contributed by atoms with Crippen LogP contribution in [-0.2, 0) is 11.3 Å². The maximum absolute atomic E-state index is 6.22. The van der Waals surface area contributed by atoms with Crippen LogP contribution in [0.1, 0.15) is 43.2 Å². The molecule has 2 atom stereocenters. The maximum atomic E-state index is 6.22. The third kappa shape index (κ3) is 3.46. The second-order valence-corrected chi connectivity index (χ2v) is 7.53. The lowest BCUT2D eigenvalue weighted by Crippen LogP contribution is -2.48. The lowest BCUT2D eigenvalue weighted by atomic mass is 9.83. The molecule has 130 valence electrons. The van der Waals surface area contributed by atoms with Gasteiger partial charge < -0.3 is 14.4 Å². The van der Waals surface area contributed by atoms with Crippen molar-refractivity contribution in [3.05, 3.63) is 28.3 Å². The SMILES string of the molecule is Clc1cc(C=NC[C@@H]2CCCN3CCCC[C@H]23)c2c(c1)COCO2. The summed E-state index contributed by atoms with van der Waals surface area (Å²) in [5, 5.41) is 0.709. The van der Waals surface area contributed by atoms with Crippen LogP contribution in [0, 0.1) is 5.92 Å². The summed E-state index contributed by atoms with van der Waals surface area (Å²) in [6, 6.07) is 4.58. The first-order valence-electron chi connectivity index (χ1n) is 9.08. The van der Waals surface area contributed by atoms with Gasteiger partial charge in [0.15, 0.2) is 6.79 Å². The van der Waals surface area contributed by atoms with E-state index in [1.165, 1.54) is 45.2 Å². The second-order valence-electron chi connectivity index (χ2n) is 7.09. The Hall–Kier alpha value is -1.10. The number of benzene rings is 1. The molecule has 1 aromatic carbocycles. The standard InChI is InChI=1S/C19H25ClN2O2/c20-17-8-15(19-16(9-17)12-23-13-24-19)11-21-10-14-4-3-7-22-6-2-1-5-18(14)22/h8-9,11,14,18H,1-7,10,12-13H2/t14-,18+/m0/s1. The number of aliphatic imine (C=N–C) groups is 1. The number of nitrogens with zero attached hydrogens (tertiary/aromatic N) is 2. The van der Waals surface area contributed by atoms with E-state index in [4.69, 9.17) is 26.1 Å². The molecular weight excluding hydrogens is 324 g/mol. The van der Waals surface area contributed by atoms with E-state index in [2.05, 4.69) is 4.90 Å². The summed E-state index contributed by atoms with van der Waals surface area (Å²) in [7, 11) is 0. The molecule has 0 aliphatic carbocycles. The highest BCUT2D eigenvalue weighted by Gasteiger charge is 2.32. The number of piperidine rings is 2. The summed E-state index contributed by atoms with van der Waals surface area (Å²) in [5.74, 6) is 1.56. The lowest BCUT2D eigenvalue weighted by molar-refractivity contribution is -0.0164. The van der Waals surface area contributed by atoms with Crippen LogP contribution in [0.25, 0.3) is 0 Å². The Bertz CT molecular complexity index is 618. The molecule has 0 unspecified atom stereocenters. The van der Waals surface area contributed by atoms with Crippen molar-refractivity contribution in [3.8, 4) is 5.75 Å². The van der Waals surface area contributed by atoms with Crippen LogP contribution in [-0.4, -0.2) is 43.6 Å². The highest BCUT2D eigenvalue weighted by Crippen LogP contribution is 2.32. The summed E-state index contributed by atoms with van der Waals surface area (Å²) in [4.78, 5) is 7.46. The van der Waals surface area contributed by atoms with Crippen molar-refractivity contribution < 1.29 is 9.47 Å². The molecule has 5 heteroatoms. The van der Waals surface area contributed by atoms with Crippen LogP contribution in [0.4, 0.5) is 0 Å². The minimum atomic E-state index is 0.301. The van der Waals surface area contributed by atoms with Crippen LogP contribution >= 0.6 is 11.6 Å². The van der Waals surface area contributed by atoms with Crippen LogP contribution < -0.4 is 4.74 Å². The Labute approximate surface area is 148 Å². The number of rotatable bonds is 3. The Morgan fingerprint density at radius 1 is 1.21 bits per heavy atom. The van der Waals surface area contributed by atoms with E-state index in [1.54, 1.807) is 0 Å². The van der Waals surface area contributed by atoms with Gasteiger partial charge in [-0.25, -0.2) is 0 Å². The molecule has 3 heterocycles. The van der Waals surface area contributed by atoms with E-state index in [9.17, 15) is 0 Å². The third-order valence-electron chi connectivity index (χ3n) is 5.50. The maximum Gasteiger partial charge on any atom is 0.189 e. The fourth-order valence-electron chi connectivity index (χ4n) is 4.38. The van der Waals surface area contributed by atoms with E-state index in [0.717, 1.165) is 29.5 Å². The van der Waals surface area contributed by atoms with Gasteiger partial charge in [0.25, 0.3) is 0 Å². The van der Waals surface area contributed by atoms with Gasteiger partial charge in [0.05, 0.1) is 6.61 Å². The Kier molecular flexibility index (Phi) is 5.06. The Morgan fingerprint density at radius 2 is 2.12 bits per heavy atom. The van der Waals surface area contributed by atoms with E-state index in [0.29, 0.717) is 24.3 Å². The number of ether oxygens (including phenoxy) is 2. The van der Waals surface area contributed by atoms with Crippen molar-refractivity contribution in [3.63, 3.8) is 0 Å². The zero-order valence-electron chi connectivity index (χ0n) is 14.0. The van der Waals surface area contributed by atoms with Crippen LogP contribution in [0.15, 0.2) is 17.1 Å². The summed E-state index contributed by atoms with van der Waals surface area (Å²) in [5.41, 5.74) is 1.98. The predicted molar refractivity (Wildman–Crippen MR) is 96.1 cm³/mol. The molecule has 0 radical (unpaired) electrons. The molecule has 0 bridgehead atoms. The molecule has 3 aliphatic rings. The fourth-order valence-corrected chi connectivity index (χ4v) is 4.63. The first-order valence-corrected chi connectivity index (χ1v) is 9.46. The van der Waals surface area contributed by atoms with E-state index < -0.39 is 0 Å². The quantitative estimate of drug-likeness (QED) is 0.777.